The van der Waals surface area contributed by atoms with Crippen LogP contribution in [0.1, 0.15) is 41.6 Å². The predicted octanol–water partition coefficient (Wildman–Crippen LogP) is 5.05. The molecule has 0 fully saturated rings. The molecule has 0 unspecified atom stereocenters. The normalized spacial score (nSPS) is 11.9. The van der Waals surface area contributed by atoms with Gasteiger partial charge in [0.1, 0.15) is 6.04 Å². The highest BCUT2D eigenvalue weighted by molar-refractivity contribution is 7.89. The molecule has 4 aromatic carbocycles. The molecule has 42 heavy (non-hydrogen) atoms. The second-order valence-electron chi connectivity index (χ2n) is 9.99. The molecule has 0 aliphatic rings. The molecule has 218 valence electrons. The van der Waals surface area contributed by atoms with Gasteiger partial charge in [0, 0.05) is 26.1 Å². The summed E-state index contributed by atoms with van der Waals surface area (Å²) in [5.41, 5.74) is 3.61. The third-order valence-corrected chi connectivity index (χ3v) is 8.50. The van der Waals surface area contributed by atoms with E-state index < -0.39 is 16.1 Å². The van der Waals surface area contributed by atoms with Crippen molar-refractivity contribution < 1.29 is 18.0 Å². The van der Waals surface area contributed by atoms with E-state index >= 15 is 0 Å². The number of nitrogens with one attached hydrogen (secondary N) is 2. The zero-order chi connectivity index (χ0) is 29.8. The summed E-state index contributed by atoms with van der Waals surface area (Å²) in [4.78, 5) is 29.5. The van der Waals surface area contributed by atoms with Crippen LogP contribution in [0.5, 0.6) is 0 Å². The Hall–Kier alpha value is -4.27. The van der Waals surface area contributed by atoms with Crippen molar-refractivity contribution in [1.82, 2.24) is 14.9 Å². The highest BCUT2D eigenvalue weighted by Gasteiger charge is 2.31. The summed E-state index contributed by atoms with van der Waals surface area (Å²) in [6, 6.07) is 34.7. The molecule has 0 aromatic heterocycles. The van der Waals surface area contributed by atoms with Gasteiger partial charge in [-0.05, 0) is 47.2 Å². The van der Waals surface area contributed by atoms with Crippen LogP contribution in [0.15, 0.2) is 120 Å². The number of carbonyl (C=O) groups excluding carboxylic acids is 2. The SMILES string of the molecule is CCNS(=O)(=O)c1ccc(CCC(=O)N(Cc2ccccc2)[C@H](C(=O)NCCc2ccccc2)c2ccccc2)cc1. The van der Waals surface area contributed by atoms with Crippen LogP contribution in [-0.2, 0) is 39.0 Å². The molecule has 7 nitrogen and oxygen atoms in total. The van der Waals surface area contributed by atoms with Crippen LogP contribution in [-0.4, -0.2) is 38.2 Å². The standard InChI is InChI=1S/C34H37N3O4S/c1-2-36-42(40,41)31-21-18-28(19-22-31)20-23-32(38)37(26-29-14-8-4-9-15-29)33(30-16-10-5-11-17-30)34(39)35-25-24-27-12-6-3-7-13-27/h3-19,21-22,33,36H,2,20,23-26H2,1H3,(H,35,39)/t33-/m0/s1. The summed E-state index contributed by atoms with van der Waals surface area (Å²) in [5.74, 6) is -0.408. The lowest BCUT2D eigenvalue weighted by molar-refractivity contribution is -0.141. The minimum absolute atomic E-state index is 0.159. The number of amides is 2. The van der Waals surface area contributed by atoms with Crippen molar-refractivity contribution >= 4 is 21.8 Å². The molecular formula is C34H37N3O4S. The van der Waals surface area contributed by atoms with Crippen LogP contribution in [0.3, 0.4) is 0 Å². The average molecular weight is 584 g/mol. The molecule has 8 heteroatoms. The number of benzene rings is 4. The maximum atomic E-state index is 13.9. The molecule has 4 aromatic rings. The van der Waals surface area contributed by atoms with Gasteiger partial charge in [-0.3, -0.25) is 9.59 Å². The van der Waals surface area contributed by atoms with Gasteiger partial charge in [0.05, 0.1) is 4.90 Å². The fourth-order valence-corrected chi connectivity index (χ4v) is 5.83. The van der Waals surface area contributed by atoms with Crippen molar-refractivity contribution in [3.63, 3.8) is 0 Å². The van der Waals surface area contributed by atoms with E-state index in [1.165, 1.54) is 0 Å². The summed E-state index contributed by atoms with van der Waals surface area (Å²) < 4.78 is 27.1. The Morgan fingerprint density at radius 3 is 1.86 bits per heavy atom. The van der Waals surface area contributed by atoms with Gasteiger partial charge in [-0.2, -0.15) is 0 Å². The molecule has 4 rings (SSSR count). The lowest BCUT2D eigenvalue weighted by atomic mass is 10.0. The molecular weight excluding hydrogens is 546 g/mol. The number of hydrogen-bond donors (Lipinski definition) is 2. The minimum atomic E-state index is -3.55. The smallest absolute Gasteiger partial charge is 0.247 e. The van der Waals surface area contributed by atoms with E-state index in [2.05, 4.69) is 10.0 Å². The second kappa shape index (κ2) is 15.1. The number of aryl methyl sites for hydroxylation is 1. The molecule has 0 spiro atoms. The zero-order valence-electron chi connectivity index (χ0n) is 23.8. The molecule has 2 amide bonds. The van der Waals surface area contributed by atoms with Crippen molar-refractivity contribution in [2.45, 2.75) is 43.7 Å². The highest BCUT2D eigenvalue weighted by Crippen LogP contribution is 2.25. The largest absolute Gasteiger partial charge is 0.354 e. The fourth-order valence-electron chi connectivity index (χ4n) is 4.79. The molecule has 0 radical (unpaired) electrons. The quantitative estimate of drug-likeness (QED) is 0.217. The van der Waals surface area contributed by atoms with Gasteiger partial charge in [-0.1, -0.05) is 110 Å². The van der Waals surface area contributed by atoms with E-state index in [9.17, 15) is 18.0 Å². The average Bonchev–Trinajstić information content (AvgIpc) is 3.01. The Labute approximate surface area is 248 Å². The Balaban J connectivity index is 1.55. The number of carbonyl (C=O) groups is 2. The summed E-state index contributed by atoms with van der Waals surface area (Å²) in [5, 5.41) is 3.06. The maximum absolute atomic E-state index is 13.9. The van der Waals surface area contributed by atoms with Crippen molar-refractivity contribution in [1.29, 1.82) is 0 Å². The summed E-state index contributed by atoms with van der Waals surface area (Å²) >= 11 is 0. The van der Waals surface area contributed by atoms with E-state index in [1.807, 2.05) is 91.0 Å². The first-order valence-corrected chi connectivity index (χ1v) is 15.6. The van der Waals surface area contributed by atoms with Crippen molar-refractivity contribution in [2.75, 3.05) is 13.1 Å². The van der Waals surface area contributed by atoms with E-state index in [4.69, 9.17) is 0 Å². The van der Waals surface area contributed by atoms with Gasteiger partial charge in [-0.15, -0.1) is 0 Å². The Morgan fingerprint density at radius 2 is 1.26 bits per heavy atom. The van der Waals surface area contributed by atoms with Gasteiger partial charge < -0.3 is 10.2 Å². The number of sulfonamides is 1. The van der Waals surface area contributed by atoms with Crippen molar-refractivity contribution in [3.05, 3.63) is 138 Å². The van der Waals surface area contributed by atoms with E-state index in [0.717, 1.165) is 22.3 Å². The van der Waals surface area contributed by atoms with E-state index in [0.29, 0.717) is 25.9 Å². The van der Waals surface area contributed by atoms with E-state index in [1.54, 1.807) is 36.1 Å². The first kappa shape index (κ1) is 30.7. The van der Waals surface area contributed by atoms with E-state index in [-0.39, 0.29) is 29.7 Å². The van der Waals surface area contributed by atoms with Crippen molar-refractivity contribution in [3.8, 4) is 0 Å². The lowest BCUT2D eigenvalue weighted by Gasteiger charge is -2.32. The summed E-state index contributed by atoms with van der Waals surface area (Å²) in [6.45, 7) is 2.75. The van der Waals surface area contributed by atoms with Gasteiger partial charge in [-0.25, -0.2) is 13.1 Å². The van der Waals surface area contributed by atoms with Crippen LogP contribution < -0.4 is 10.0 Å². The number of hydrogen-bond acceptors (Lipinski definition) is 4. The molecule has 1 atom stereocenters. The Bertz CT molecular complexity index is 1530. The summed E-state index contributed by atoms with van der Waals surface area (Å²) in [6.07, 6.45) is 1.25. The van der Waals surface area contributed by atoms with Crippen LogP contribution in [0, 0.1) is 0 Å². The van der Waals surface area contributed by atoms with Crippen LogP contribution >= 0.6 is 0 Å². The fraction of sp³-hybridized carbons (Fsp3) is 0.235. The lowest BCUT2D eigenvalue weighted by Crippen LogP contribution is -2.44. The highest BCUT2D eigenvalue weighted by atomic mass is 32.2. The van der Waals surface area contributed by atoms with Crippen molar-refractivity contribution in [2.24, 2.45) is 0 Å². The molecule has 0 bridgehead atoms. The molecule has 0 heterocycles. The maximum Gasteiger partial charge on any atom is 0.247 e. The second-order valence-corrected chi connectivity index (χ2v) is 11.8. The Morgan fingerprint density at radius 1 is 0.714 bits per heavy atom. The summed E-state index contributed by atoms with van der Waals surface area (Å²) in [7, 11) is -3.55. The molecule has 0 aliphatic carbocycles. The third-order valence-electron chi connectivity index (χ3n) is 6.94. The third kappa shape index (κ3) is 8.61. The van der Waals surface area contributed by atoms with Gasteiger partial charge >= 0.3 is 0 Å². The zero-order valence-corrected chi connectivity index (χ0v) is 24.6. The molecule has 0 saturated carbocycles. The molecule has 2 N–H and O–H groups in total. The molecule has 0 aliphatic heterocycles. The van der Waals surface area contributed by atoms with Gasteiger partial charge in [0.15, 0.2) is 0 Å². The van der Waals surface area contributed by atoms with Crippen LogP contribution in [0.4, 0.5) is 0 Å². The monoisotopic (exact) mass is 583 g/mol. The number of rotatable bonds is 14. The first-order chi connectivity index (χ1) is 20.4. The topological polar surface area (TPSA) is 95.6 Å². The van der Waals surface area contributed by atoms with Gasteiger partial charge in [0.25, 0.3) is 0 Å². The van der Waals surface area contributed by atoms with Crippen LogP contribution in [0.25, 0.3) is 0 Å². The number of nitrogens with zero attached hydrogens (tertiary/aromatic N) is 1. The predicted molar refractivity (Wildman–Crippen MR) is 165 cm³/mol. The molecule has 0 saturated heterocycles. The van der Waals surface area contributed by atoms with Crippen LogP contribution in [0.2, 0.25) is 0 Å². The Kier molecular flexibility index (Phi) is 11.0. The first-order valence-electron chi connectivity index (χ1n) is 14.2. The minimum Gasteiger partial charge on any atom is -0.354 e. The van der Waals surface area contributed by atoms with Gasteiger partial charge in [0.2, 0.25) is 21.8 Å².